The van der Waals surface area contributed by atoms with Gasteiger partial charge in [0.05, 0.1) is 25.5 Å². The predicted molar refractivity (Wildman–Crippen MR) is 116 cm³/mol. The normalized spacial score (nSPS) is 23.3. The van der Waals surface area contributed by atoms with Crippen molar-refractivity contribution in [3.63, 3.8) is 0 Å². The van der Waals surface area contributed by atoms with Crippen LogP contribution in [0.5, 0.6) is 5.75 Å². The van der Waals surface area contributed by atoms with E-state index in [4.69, 9.17) is 4.74 Å². The molecule has 1 saturated heterocycles. The third-order valence-corrected chi connectivity index (χ3v) is 6.63. The van der Waals surface area contributed by atoms with Crippen LogP contribution >= 0.6 is 0 Å². The number of carbonyl (C=O) groups excluding carboxylic acids is 1. The molecule has 3 aliphatic rings. The van der Waals surface area contributed by atoms with Gasteiger partial charge in [-0.2, -0.15) is 0 Å². The van der Waals surface area contributed by atoms with Crippen LogP contribution in [-0.2, 0) is 0 Å². The SMILES string of the molecule is CN(C(=O)N1C=NC(c2ccc(OCC3CCNCC3)cc2)C1)C1CCCCC1. The molecule has 2 amide bonds. The highest BCUT2D eigenvalue weighted by Gasteiger charge is 2.29. The molecule has 0 bridgehead atoms. The molecule has 0 spiro atoms. The summed E-state index contributed by atoms with van der Waals surface area (Å²) in [5.74, 6) is 1.57. The van der Waals surface area contributed by atoms with Crippen LogP contribution in [0.3, 0.4) is 0 Å². The van der Waals surface area contributed by atoms with Gasteiger partial charge in [0.15, 0.2) is 0 Å². The summed E-state index contributed by atoms with van der Waals surface area (Å²) in [6, 6.07) is 8.69. The Balaban J connectivity index is 1.27. The van der Waals surface area contributed by atoms with E-state index >= 15 is 0 Å². The Labute approximate surface area is 174 Å². The highest BCUT2D eigenvalue weighted by molar-refractivity contribution is 5.87. The summed E-state index contributed by atoms with van der Waals surface area (Å²) in [6.45, 7) is 3.60. The molecule has 1 N–H and O–H groups in total. The van der Waals surface area contributed by atoms with Crippen LogP contribution in [0.4, 0.5) is 4.79 Å². The predicted octanol–water partition coefficient (Wildman–Crippen LogP) is 3.83. The minimum absolute atomic E-state index is 0.0113. The number of nitrogens with zero attached hydrogens (tertiary/aromatic N) is 3. The lowest BCUT2D eigenvalue weighted by Gasteiger charge is -2.33. The van der Waals surface area contributed by atoms with Gasteiger partial charge < -0.3 is 15.0 Å². The van der Waals surface area contributed by atoms with Crippen molar-refractivity contribution in [2.45, 2.75) is 57.0 Å². The summed E-state index contributed by atoms with van der Waals surface area (Å²) in [7, 11) is 1.94. The van der Waals surface area contributed by atoms with E-state index in [0.717, 1.165) is 43.9 Å². The number of urea groups is 1. The second-order valence-corrected chi connectivity index (χ2v) is 8.69. The van der Waals surface area contributed by atoms with Crippen LogP contribution in [0.2, 0.25) is 0 Å². The number of piperidine rings is 1. The lowest BCUT2D eigenvalue weighted by Crippen LogP contribution is -2.45. The molecule has 0 aromatic heterocycles. The fraction of sp³-hybridized carbons (Fsp3) is 0.652. The summed E-state index contributed by atoms with van der Waals surface area (Å²) < 4.78 is 5.98. The lowest BCUT2D eigenvalue weighted by atomic mass is 9.95. The van der Waals surface area contributed by atoms with Gasteiger partial charge in [0, 0.05) is 13.1 Å². The van der Waals surface area contributed by atoms with Crippen molar-refractivity contribution in [3.8, 4) is 5.75 Å². The van der Waals surface area contributed by atoms with Crippen molar-refractivity contribution in [1.82, 2.24) is 15.1 Å². The van der Waals surface area contributed by atoms with E-state index in [1.807, 2.05) is 24.1 Å². The number of carbonyl (C=O) groups is 1. The molecular weight excluding hydrogens is 364 g/mol. The van der Waals surface area contributed by atoms with E-state index in [1.165, 1.54) is 32.1 Å². The lowest BCUT2D eigenvalue weighted by molar-refractivity contribution is 0.155. The number of hydrogen-bond acceptors (Lipinski definition) is 4. The average Bonchev–Trinajstić information content (AvgIpc) is 3.28. The molecule has 1 atom stereocenters. The molecule has 158 valence electrons. The van der Waals surface area contributed by atoms with E-state index in [-0.39, 0.29) is 12.1 Å². The Kier molecular flexibility index (Phi) is 6.70. The number of nitrogens with one attached hydrogen (secondary N) is 1. The number of hydrogen-bond donors (Lipinski definition) is 1. The number of benzene rings is 1. The van der Waals surface area contributed by atoms with Gasteiger partial charge in [-0.05, 0) is 62.4 Å². The number of aliphatic imine (C=N–C) groups is 1. The first-order chi connectivity index (χ1) is 14.2. The van der Waals surface area contributed by atoms with Gasteiger partial charge in [-0.15, -0.1) is 0 Å². The van der Waals surface area contributed by atoms with Gasteiger partial charge in [0.25, 0.3) is 0 Å². The molecule has 2 heterocycles. The molecule has 1 aliphatic carbocycles. The Morgan fingerprint density at radius 3 is 2.59 bits per heavy atom. The van der Waals surface area contributed by atoms with Crippen molar-refractivity contribution < 1.29 is 9.53 Å². The molecule has 6 heteroatoms. The summed E-state index contributed by atoms with van der Waals surface area (Å²) in [4.78, 5) is 21.1. The molecule has 6 nitrogen and oxygen atoms in total. The van der Waals surface area contributed by atoms with E-state index in [9.17, 15) is 4.79 Å². The van der Waals surface area contributed by atoms with E-state index in [2.05, 4.69) is 22.4 Å². The van der Waals surface area contributed by atoms with Crippen LogP contribution in [-0.4, -0.2) is 61.5 Å². The van der Waals surface area contributed by atoms with Crippen LogP contribution in [0.1, 0.15) is 56.6 Å². The second kappa shape index (κ2) is 9.61. The topological polar surface area (TPSA) is 57.2 Å². The number of rotatable bonds is 5. The maximum Gasteiger partial charge on any atom is 0.325 e. The first-order valence-electron chi connectivity index (χ1n) is 11.2. The van der Waals surface area contributed by atoms with Gasteiger partial charge in [-0.1, -0.05) is 31.4 Å². The van der Waals surface area contributed by atoms with Crippen molar-refractivity contribution in [2.24, 2.45) is 10.9 Å². The van der Waals surface area contributed by atoms with Crippen molar-refractivity contribution in [2.75, 3.05) is 33.3 Å². The van der Waals surface area contributed by atoms with Gasteiger partial charge in [-0.25, -0.2) is 4.79 Å². The highest BCUT2D eigenvalue weighted by atomic mass is 16.5. The van der Waals surface area contributed by atoms with Crippen LogP contribution in [0, 0.1) is 5.92 Å². The van der Waals surface area contributed by atoms with Crippen LogP contribution in [0.15, 0.2) is 29.3 Å². The second-order valence-electron chi connectivity index (χ2n) is 8.69. The van der Waals surface area contributed by atoms with Gasteiger partial charge in [-0.3, -0.25) is 9.89 Å². The minimum atomic E-state index is 0.0113. The van der Waals surface area contributed by atoms with Crippen molar-refractivity contribution in [1.29, 1.82) is 0 Å². The quantitative estimate of drug-likeness (QED) is 0.820. The Morgan fingerprint density at radius 1 is 1.14 bits per heavy atom. The van der Waals surface area contributed by atoms with Crippen molar-refractivity contribution >= 4 is 12.4 Å². The highest BCUT2D eigenvalue weighted by Crippen LogP contribution is 2.27. The third-order valence-electron chi connectivity index (χ3n) is 6.63. The number of ether oxygens (including phenoxy) is 1. The molecule has 2 aliphatic heterocycles. The fourth-order valence-electron chi connectivity index (χ4n) is 4.64. The maximum atomic E-state index is 12.8. The molecule has 4 rings (SSSR count). The Hall–Kier alpha value is -2.08. The van der Waals surface area contributed by atoms with E-state index < -0.39 is 0 Å². The van der Waals surface area contributed by atoms with Crippen LogP contribution < -0.4 is 10.1 Å². The third kappa shape index (κ3) is 5.10. The van der Waals surface area contributed by atoms with Crippen LogP contribution in [0.25, 0.3) is 0 Å². The van der Waals surface area contributed by atoms with Gasteiger partial charge in [0.1, 0.15) is 5.75 Å². The molecule has 29 heavy (non-hydrogen) atoms. The zero-order valence-corrected chi connectivity index (χ0v) is 17.6. The smallest absolute Gasteiger partial charge is 0.325 e. The molecular formula is C23H34N4O2. The monoisotopic (exact) mass is 398 g/mol. The summed E-state index contributed by atoms with van der Waals surface area (Å²) in [6.07, 6.45) is 10.1. The van der Waals surface area contributed by atoms with E-state index in [0.29, 0.717) is 18.5 Å². The van der Waals surface area contributed by atoms with Crippen molar-refractivity contribution in [3.05, 3.63) is 29.8 Å². The molecule has 2 fully saturated rings. The fourth-order valence-corrected chi connectivity index (χ4v) is 4.64. The maximum absolute atomic E-state index is 12.8. The van der Waals surface area contributed by atoms with E-state index in [1.54, 1.807) is 11.2 Å². The van der Waals surface area contributed by atoms with Gasteiger partial charge >= 0.3 is 6.03 Å². The standard InChI is InChI=1S/C23H34N4O2/c1-26(20-5-3-2-4-6-20)23(28)27-15-22(25-17-27)19-7-9-21(10-8-19)29-16-18-11-13-24-14-12-18/h7-10,17-18,20,22,24H,2-6,11-16H2,1H3. The molecule has 1 aromatic carbocycles. The Bertz CT molecular complexity index is 693. The largest absolute Gasteiger partial charge is 0.493 e. The number of amides is 2. The first-order valence-corrected chi connectivity index (χ1v) is 11.2. The zero-order valence-electron chi connectivity index (χ0n) is 17.6. The average molecular weight is 399 g/mol. The first kappa shape index (κ1) is 20.2. The zero-order chi connectivity index (χ0) is 20.1. The molecule has 1 unspecified atom stereocenters. The minimum Gasteiger partial charge on any atom is -0.493 e. The van der Waals surface area contributed by atoms with Gasteiger partial charge in [0.2, 0.25) is 0 Å². The molecule has 0 radical (unpaired) electrons. The Morgan fingerprint density at radius 2 is 1.86 bits per heavy atom. The summed E-state index contributed by atoms with van der Waals surface area (Å²) in [5.41, 5.74) is 1.13. The molecule has 1 saturated carbocycles. The summed E-state index contributed by atoms with van der Waals surface area (Å²) in [5, 5.41) is 3.39. The molecule has 1 aromatic rings. The summed E-state index contributed by atoms with van der Waals surface area (Å²) >= 11 is 0.